The summed E-state index contributed by atoms with van der Waals surface area (Å²) in [5.74, 6) is 0.636. The van der Waals surface area contributed by atoms with E-state index in [2.05, 4.69) is 15.5 Å². The van der Waals surface area contributed by atoms with Crippen molar-refractivity contribution in [2.75, 3.05) is 13.7 Å². The SMILES string of the molecule is COCc1cc(C)nc(OCC(=O)N/N=C\c2ccc(-c3cccc(Cl)c3)o2)c1C#N. The number of hydrogen-bond donors (Lipinski definition) is 1. The molecule has 9 heteroatoms. The van der Waals surface area contributed by atoms with Gasteiger partial charge in [-0.2, -0.15) is 10.4 Å². The van der Waals surface area contributed by atoms with Gasteiger partial charge < -0.3 is 13.9 Å². The van der Waals surface area contributed by atoms with Gasteiger partial charge in [0.15, 0.2) is 6.61 Å². The molecular weight excluding hydrogens is 420 g/mol. The molecule has 1 N–H and O–H groups in total. The number of hydrogen-bond acceptors (Lipinski definition) is 7. The van der Waals surface area contributed by atoms with Gasteiger partial charge in [-0.05, 0) is 37.3 Å². The third kappa shape index (κ3) is 5.92. The van der Waals surface area contributed by atoms with Crippen molar-refractivity contribution in [1.29, 1.82) is 5.26 Å². The van der Waals surface area contributed by atoms with Crippen LogP contribution in [0, 0.1) is 18.3 Å². The van der Waals surface area contributed by atoms with Crippen molar-refractivity contribution in [3.8, 4) is 23.3 Å². The summed E-state index contributed by atoms with van der Waals surface area (Å²) in [6.45, 7) is 1.64. The van der Waals surface area contributed by atoms with Gasteiger partial charge in [-0.25, -0.2) is 10.4 Å². The number of carbonyl (C=O) groups excluding carboxylic acids is 1. The van der Waals surface area contributed by atoms with E-state index in [-0.39, 0.29) is 24.7 Å². The maximum absolute atomic E-state index is 12.0. The summed E-state index contributed by atoms with van der Waals surface area (Å²) in [6, 6.07) is 14.5. The number of hydrazone groups is 1. The lowest BCUT2D eigenvalue weighted by Gasteiger charge is -2.10. The molecule has 2 heterocycles. The minimum atomic E-state index is -0.515. The Morgan fingerprint density at radius 3 is 2.94 bits per heavy atom. The predicted octanol–water partition coefficient (Wildman–Crippen LogP) is 3.85. The van der Waals surface area contributed by atoms with Crippen molar-refractivity contribution in [2.24, 2.45) is 5.10 Å². The molecule has 0 saturated carbocycles. The number of aromatic nitrogens is 1. The molecule has 0 aliphatic carbocycles. The number of aryl methyl sites for hydroxylation is 1. The fourth-order valence-corrected chi connectivity index (χ4v) is 2.95. The second kappa shape index (κ2) is 10.4. The molecule has 158 valence electrons. The Balaban J connectivity index is 1.58. The molecule has 0 aliphatic heterocycles. The summed E-state index contributed by atoms with van der Waals surface area (Å²) in [5, 5.41) is 13.8. The van der Waals surface area contributed by atoms with Crippen molar-refractivity contribution in [2.45, 2.75) is 13.5 Å². The van der Waals surface area contributed by atoms with Gasteiger partial charge in [0.1, 0.15) is 23.2 Å². The van der Waals surface area contributed by atoms with Crippen molar-refractivity contribution in [3.05, 3.63) is 70.1 Å². The predicted molar refractivity (Wildman–Crippen MR) is 115 cm³/mol. The normalized spacial score (nSPS) is 10.8. The van der Waals surface area contributed by atoms with E-state index in [1.165, 1.54) is 13.3 Å². The van der Waals surface area contributed by atoms with Crippen molar-refractivity contribution < 1.29 is 18.7 Å². The van der Waals surface area contributed by atoms with Gasteiger partial charge >= 0.3 is 0 Å². The van der Waals surface area contributed by atoms with E-state index >= 15 is 0 Å². The number of carbonyl (C=O) groups is 1. The number of halogens is 1. The Hall–Kier alpha value is -3.67. The van der Waals surface area contributed by atoms with Crippen LogP contribution < -0.4 is 10.2 Å². The highest BCUT2D eigenvalue weighted by Gasteiger charge is 2.14. The fraction of sp³-hybridized carbons (Fsp3) is 0.182. The number of pyridine rings is 1. The fourth-order valence-electron chi connectivity index (χ4n) is 2.76. The minimum absolute atomic E-state index is 0.0749. The van der Waals surface area contributed by atoms with Crippen LogP contribution >= 0.6 is 11.6 Å². The first-order valence-electron chi connectivity index (χ1n) is 9.20. The van der Waals surface area contributed by atoms with Gasteiger partial charge in [-0.3, -0.25) is 4.79 Å². The van der Waals surface area contributed by atoms with Crippen LogP contribution in [-0.2, 0) is 16.1 Å². The van der Waals surface area contributed by atoms with Gasteiger partial charge in [0.25, 0.3) is 5.91 Å². The van der Waals surface area contributed by atoms with Crippen LogP contribution in [0.15, 0.2) is 52.0 Å². The first-order chi connectivity index (χ1) is 15.0. The van der Waals surface area contributed by atoms with Crippen LogP contribution in [0.4, 0.5) is 0 Å². The number of nitrogens with one attached hydrogen (secondary N) is 1. The number of rotatable bonds is 8. The molecule has 0 unspecified atom stereocenters. The number of furan rings is 1. The molecule has 0 atom stereocenters. The molecule has 0 bridgehead atoms. The molecule has 2 aromatic heterocycles. The average Bonchev–Trinajstić information content (AvgIpc) is 3.21. The molecule has 0 radical (unpaired) electrons. The number of benzene rings is 1. The van der Waals surface area contributed by atoms with Crippen LogP contribution in [-0.4, -0.2) is 30.8 Å². The molecule has 0 fully saturated rings. The first-order valence-corrected chi connectivity index (χ1v) is 9.58. The highest BCUT2D eigenvalue weighted by molar-refractivity contribution is 6.30. The summed E-state index contributed by atoms with van der Waals surface area (Å²) in [4.78, 5) is 16.2. The lowest BCUT2D eigenvalue weighted by atomic mass is 10.1. The van der Waals surface area contributed by atoms with E-state index in [0.29, 0.717) is 27.8 Å². The highest BCUT2D eigenvalue weighted by atomic mass is 35.5. The zero-order valence-electron chi connectivity index (χ0n) is 16.9. The summed E-state index contributed by atoms with van der Waals surface area (Å²) < 4.78 is 16.2. The molecule has 0 aliphatic rings. The number of amides is 1. The molecule has 3 rings (SSSR count). The third-order valence-electron chi connectivity index (χ3n) is 4.06. The molecule has 31 heavy (non-hydrogen) atoms. The molecular formula is C22H19ClN4O4. The van der Waals surface area contributed by atoms with E-state index in [4.69, 9.17) is 25.5 Å². The van der Waals surface area contributed by atoms with Crippen molar-refractivity contribution in [3.63, 3.8) is 0 Å². The second-order valence-electron chi connectivity index (χ2n) is 6.44. The second-order valence-corrected chi connectivity index (χ2v) is 6.88. The maximum atomic E-state index is 12.0. The Morgan fingerprint density at radius 2 is 2.19 bits per heavy atom. The Kier molecular flexibility index (Phi) is 7.38. The third-order valence-corrected chi connectivity index (χ3v) is 4.30. The van der Waals surface area contributed by atoms with Crippen LogP contribution in [0.3, 0.4) is 0 Å². The quantitative estimate of drug-likeness (QED) is 0.422. The number of nitrogens with zero attached hydrogens (tertiary/aromatic N) is 3. The zero-order chi connectivity index (χ0) is 22.2. The van der Waals surface area contributed by atoms with Gasteiger partial charge in [0, 0.05) is 29.0 Å². The van der Waals surface area contributed by atoms with Gasteiger partial charge in [-0.15, -0.1) is 0 Å². The van der Waals surface area contributed by atoms with Crippen LogP contribution in [0.5, 0.6) is 5.88 Å². The largest absolute Gasteiger partial charge is 0.467 e. The summed E-state index contributed by atoms with van der Waals surface area (Å²) in [6.07, 6.45) is 1.37. The minimum Gasteiger partial charge on any atom is -0.467 e. The van der Waals surface area contributed by atoms with Gasteiger partial charge in [0.2, 0.25) is 5.88 Å². The smallest absolute Gasteiger partial charge is 0.278 e. The maximum Gasteiger partial charge on any atom is 0.278 e. The van der Waals surface area contributed by atoms with Crippen molar-refractivity contribution >= 4 is 23.7 Å². The van der Waals surface area contributed by atoms with E-state index < -0.39 is 5.91 Å². The average molecular weight is 439 g/mol. The summed E-state index contributed by atoms with van der Waals surface area (Å²) in [5.41, 5.74) is 4.68. The zero-order valence-corrected chi connectivity index (χ0v) is 17.6. The monoisotopic (exact) mass is 438 g/mol. The highest BCUT2D eigenvalue weighted by Crippen LogP contribution is 2.24. The molecule has 3 aromatic rings. The molecule has 1 amide bonds. The van der Waals surface area contributed by atoms with E-state index in [0.717, 1.165) is 5.56 Å². The van der Waals surface area contributed by atoms with Crippen LogP contribution in [0.25, 0.3) is 11.3 Å². The standard InChI is InChI=1S/C22H19ClN4O4/c1-14-8-16(12-29-2)19(10-24)22(26-14)30-13-21(28)27-25-11-18-6-7-20(31-18)15-4-3-5-17(23)9-15/h3-9,11H,12-13H2,1-2H3,(H,27,28)/b25-11-. The Bertz CT molecular complexity index is 1150. The first kappa shape index (κ1) is 22.0. The van der Waals surface area contributed by atoms with E-state index in [9.17, 15) is 10.1 Å². The van der Waals surface area contributed by atoms with Crippen molar-refractivity contribution in [1.82, 2.24) is 10.4 Å². The van der Waals surface area contributed by atoms with E-state index in [1.54, 1.807) is 37.3 Å². The molecule has 0 spiro atoms. The number of ether oxygens (including phenoxy) is 2. The Morgan fingerprint density at radius 1 is 1.35 bits per heavy atom. The van der Waals surface area contributed by atoms with Crippen LogP contribution in [0.2, 0.25) is 5.02 Å². The molecule has 8 nitrogen and oxygen atoms in total. The summed E-state index contributed by atoms with van der Waals surface area (Å²) >= 11 is 5.99. The lowest BCUT2D eigenvalue weighted by molar-refractivity contribution is -0.123. The van der Waals surface area contributed by atoms with Gasteiger partial charge in [0.05, 0.1) is 12.8 Å². The topological polar surface area (TPSA) is 110 Å². The Labute approximate surface area is 184 Å². The summed E-state index contributed by atoms with van der Waals surface area (Å²) in [7, 11) is 1.53. The lowest BCUT2D eigenvalue weighted by Crippen LogP contribution is -2.25. The molecule has 1 aromatic carbocycles. The number of nitriles is 1. The van der Waals surface area contributed by atoms with E-state index in [1.807, 2.05) is 18.2 Å². The molecule has 0 saturated heterocycles. The number of methoxy groups -OCH3 is 1. The van der Waals surface area contributed by atoms with Crippen LogP contribution in [0.1, 0.15) is 22.6 Å². The van der Waals surface area contributed by atoms with Gasteiger partial charge in [-0.1, -0.05) is 23.7 Å².